The molecule has 23 heavy (non-hydrogen) atoms. The maximum Gasteiger partial charge on any atom is 0.127 e. The quantitative estimate of drug-likeness (QED) is 0.750. The molecule has 0 saturated carbocycles. The van der Waals surface area contributed by atoms with E-state index in [1.54, 1.807) is 7.11 Å². The minimum Gasteiger partial charge on any atom is -0.496 e. The van der Waals surface area contributed by atoms with Crippen LogP contribution < -0.4 is 9.47 Å². The number of benzene rings is 3. The van der Waals surface area contributed by atoms with Crippen molar-refractivity contribution in [2.75, 3.05) is 7.11 Å². The first kappa shape index (κ1) is 15.1. The summed E-state index contributed by atoms with van der Waals surface area (Å²) in [5.74, 6) is 2.18. The summed E-state index contributed by atoms with van der Waals surface area (Å²) in [6.45, 7) is 0. The highest BCUT2D eigenvalue weighted by atomic mass is 16.5. The number of aliphatic hydroxyl groups is 1. The standard InChI is InChI=1S/C20H18O3/c1-22-19-10-6-5-9-18(19)20(21)15-11-13-17(14-12-15)23-16-7-3-2-4-8-16/h2-14,20-21H,1H3/t20-/m1/s1. The molecule has 0 fully saturated rings. The van der Waals surface area contributed by atoms with Gasteiger partial charge in [-0.15, -0.1) is 0 Å². The van der Waals surface area contributed by atoms with E-state index in [0.29, 0.717) is 5.75 Å². The average Bonchev–Trinajstić information content (AvgIpc) is 2.62. The highest BCUT2D eigenvalue weighted by Crippen LogP contribution is 2.31. The Balaban J connectivity index is 1.79. The number of hydrogen-bond acceptors (Lipinski definition) is 3. The first-order valence-electron chi connectivity index (χ1n) is 7.42. The monoisotopic (exact) mass is 306 g/mol. The van der Waals surface area contributed by atoms with Gasteiger partial charge in [0.1, 0.15) is 23.4 Å². The molecule has 3 heteroatoms. The van der Waals surface area contributed by atoms with Crippen molar-refractivity contribution in [1.29, 1.82) is 0 Å². The van der Waals surface area contributed by atoms with Crippen LogP contribution in [0.1, 0.15) is 17.2 Å². The number of hydrogen-bond donors (Lipinski definition) is 1. The van der Waals surface area contributed by atoms with Crippen LogP contribution in [0.25, 0.3) is 0 Å². The zero-order valence-electron chi connectivity index (χ0n) is 12.8. The molecule has 3 aromatic rings. The minimum absolute atomic E-state index is 0.671. The predicted octanol–water partition coefficient (Wildman–Crippen LogP) is 4.57. The van der Waals surface area contributed by atoms with Gasteiger partial charge in [-0.3, -0.25) is 0 Å². The molecule has 0 bridgehead atoms. The molecule has 3 rings (SSSR count). The van der Waals surface area contributed by atoms with E-state index in [4.69, 9.17) is 9.47 Å². The van der Waals surface area contributed by atoms with Crippen LogP contribution in [0.3, 0.4) is 0 Å². The van der Waals surface area contributed by atoms with Crippen molar-refractivity contribution in [3.8, 4) is 17.2 Å². The summed E-state index contributed by atoms with van der Waals surface area (Å²) in [6.07, 6.45) is -0.739. The minimum atomic E-state index is -0.739. The van der Waals surface area contributed by atoms with Gasteiger partial charge in [0.15, 0.2) is 0 Å². The molecular formula is C20H18O3. The van der Waals surface area contributed by atoms with Crippen LogP contribution in [0.15, 0.2) is 78.9 Å². The molecule has 0 heterocycles. The molecule has 0 aromatic heterocycles. The maximum atomic E-state index is 10.6. The van der Waals surface area contributed by atoms with Crippen LogP contribution in [0.5, 0.6) is 17.2 Å². The Morgan fingerprint density at radius 1 is 0.739 bits per heavy atom. The third-order valence-corrected chi connectivity index (χ3v) is 3.61. The molecule has 0 spiro atoms. The molecule has 116 valence electrons. The van der Waals surface area contributed by atoms with Gasteiger partial charge in [-0.25, -0.2) is 0 Å². The fraction of sp³-hybridized carbons (Fsp3) is 0.100. The molecule has 0 radical (unpaired) electrons. The molecular weight excluding hydrogens is 288 g/mol. The first-order chi connectivity index (χ1) is 11.3. The van der Waals surface area contributed by atoms with Crippen molar-refractivity contribution in [3.63, 3.8) is 0 Å². The smallest absolute Gasteiger partial charge is 0.127 e. The SMILES string of the molecule is COc1ccccc1[C@H](O)c1ccc(Oc2ccccc2)cc1. The molecule has 0 amide bonds. The third-order valence-electron chi connectivity index (χ3n) is 3.61. The lowest BCUT2D eigenvalue weighted by Gasteiger charge is -2.15. The molecule has 1 atom stereocenters. The molecule has 0 aliphatic heterocycles. The summed E-state index contributed by atoms with van der Waals surface area (Å²) < 4.78 is 11.1. The summed E-state index contributed by atoms with van der Waals surface area (Å²) >= 11 is 0. The van der Waals surface area contributed by atoms with Gasteiger partial charge in [-0.2, -0.15) is 0 Å². The topological polar surface area (TPSA) is 38.7 Å². The van der Waals surface area contributed by atoms with Crippen molar-refractivity contribution in [3.05, 3.63) is 90.0 Å². The largest absolute Gasteiger partial charge is 0.496 e. The van der Waals surface area contributed by atoms with Crippen LogP contribution in [0.2, 0.25) is 0 Å². The Kier molecular flexibility index (Phi) is 4.60. The average molecular weight is 306 g/mol. The van der Waals surface area contributed by atoms with Gasteiger partial charge in [0, 0.05) is 5.56 Å². The summed E-state index contributed by atoms with van der Waals surface area (Å²) in [6, 6.07) is 24.5. The van der Waals surface area contributed by atoms with Crippen molar-refractivity contribution >= 4 is 0 Å². The van der Waals surface area contributed by atoms with Crippen LogP contribution >= 0.6 is 0 Å². The zero-order chi connectivity index (χ0) is 16.1. The summed E-state index contributed by atoms with van der Waals surface area (Å²) in [4.78, 5) is 0. The van der Waals surface area contributed by atoms with E-state index in [0.717, 1.165) is 22.6 Å². The summed E-state index contributed by atoms with van der Waals surface area (Å²) in [5.41, 5.74) is 1.53. The van der Waals surface area contributed by atoms with Gasteiger partial charge < -0.3 is 14.6 Å². The van der Waals surface area contributed by atoms with E-state index in [1.165, 1.54) is 0 Å². The lowest BCUT2D eigenvalue weighted by atomic mass is 10.0. The highest BCUT2D eigenvalue weighted by molar-refractivity contribution is 5.42. The zero-order valence-corrected chi connectivity index (χ0v) is 12.8. The Bertz CT molecular complexity index is 751. The van der Waals surface area contributed by atoms with Crippen LogP contribution in [-0.2, 0) is 0 Å². The van der Waals surface area contributed by atoms with Gasteiger partial charge in [0.25, 0.3) is 0 Å². The van der Waals surface area contributed by atoms with Crippen LogP contribution in [0.4, 0.5) is 0 Å². The van der Waals surface area contributed by atoms with Crippen LogP contribution in [0, 0.1) is 0 Å². The van der Waals surface area contributed by atoms with Crippen molar-refractivity contribution < 1.29 is 14.6 Å². The number of rotatable bonds is 5. The van der Waals surface area contributed by atoms with Gasteiger partial charge >= 0.3 is 0 Å². The molecule has 0 aliphatic carbocycles. The Labute approximate surface area is 135 Å². The first-order valence-corrected chi connectivity index (χ1v) is 7.42. The summed E-state index contributed by atoms with van der Waals surface area (Å²) in [7, 11) is 1.60. The molecule has 1 N–H and O–H groups in total. The van der Waals surface area contributed by atoms with E-state index in [-0.39, 0.29) is 0 Å². The maximum absolute atomic E-state index is 10.6. The van der Waals surface area contributed by atoms with E-state index in [1.807, 2.05) is 78.9 Å². The van der Waals surface area contributed by atoms with E-state index in [2.05, 4.69) is 0 Å². The lowest BCUT2D eigenvalue weighted by molar-refractivity contribution is 0.214. The number of ether oxygens (including phenoxy) is 2. The predicted molar refractivity (Wildman–Crippen MR) is 90.0 cm³/mol. The second-order valence-electron chi connectivity index (χ2n) is 5.13. The number of aliphatic hydroxyl groups excluding tert-OH is 1. The third kappa shape index (κ3) is 3.52. The van der Waals surface area contributed by atoms with Gasteiger partial charge in [-0.1, -0.05) is 48.5 Å². The van der Waals surface area contributed by atoms with E-state index < -0.39 is 6.10 Å². The molecule has 0 aliphatic rings. The van der Waals surface area contributed by atoms with E-state index >= 15 is 0 Å². The molecule has 3 nitrogen and oxygen atoms in total. The van der Waals surface area contributed by atoms with Crippen LogP contribution in [-0.4, -0.2) is 12.2 Å². The number of methoxy groups -OCH3 is 1. The van der Waals surface area contributed by atoms with Gasteiger partial charge in [0.05, 0.1) is 7.11 Å². The van der Waals surface area contributed by atoms with E-state index in [9.17, 15) is 5.11 Å². The second kappa shape index (κ2) is 6.99. The van der Waals surface area contributed by atoms with Crippen molar-refractivity contribution in [2.24, 2.45) is 0 Å². The number of para-hydroxylation sites is 2. The van der Waals surface area contributed by atoms with Crippen molar-refractivity contribution in [1.82, 2.24) is 0 Å². The fourth-order valence-corrected chi connectivity index (χ4v) is 2.41. The molecule has 0 saturated heterocycles. The molecule has 3 aromatic carbocycles. The lowest BCUT2D eigenvalue weighted by Crippen LogP contribution is -2.02. The normalized spacial score (nSPS) is 11.7. The highest BCUT2D eigenvalue weighted by Gasteiger charge is 2.14. The Morgan fingerprint density at radius 2 is 1.35 bits per heavy atom. The van der Waals surface area contributed by atoms with Gasteiger partial charge in [-0.05, 0) is 35.9 Å². The Morgan fingerprint density at radius 3 is 2.04 bits per heavy atom. The summed E-state index contributed by atoms with van der Waals surface area (Å²) in [5, 5.41) is 10.6. The van der Waals surface area contributed by atoms with Gasteiger partial charge in [0.2, 0.25) is 0 Å². The second-order valence-corrected chi connectivity index (χ2v) is 5.13. The fourth-order valence-electron chi connectivity index (χ4n) is 2.41. The molecule has 0 unspecified atom stereocenters. The Hall–Kier alpha value is -2.78. The van der Waals surface area contributed by atoms with Crippen molar-refractivity contribution in [2.45, 2.75) is 6.10 Å².